The Balaban J connectivity index is 2.20. The highest BCUT2D eigenvalue weighted by Gasteiger charge is 2.57. The molecule has 1 aliphatic rings. The van der Waals surface area contributed by atoms with Crippen LogP contribution in [0.15, 0.2) is 12.1 Å². The number of methoxy groups -OCH3 is 1. The van der Waals surface area contributed by atoms with E-state index in [1.54, 1.807) is 0 Å². The van der Waals surface area contributed by atoms with Gasteiger partial charge >= 0.3 is 12.1 Å². The van der Waals surface area contributed by atoms with E-state index < -0.39 is 17.6 Å². The molecule has 102 valence electrons. The lowest BCUT2D eigenvalue weighted by Gasteiger charge is -2.38. The van der Waals surface area contributed by atoms with Crippen molar-refractivity contribution in [1.82, 2.24) is 0 Å². The maximum absolute atomic E-state index is 12.9. The first-order chi connectivity index (χ1) is 8.88. The van der Waals surface area contributed by atoms with Crippen LogP contribution in [0.1, 0.15) is 33.8 Å². The predicted octanol–water partition coefficient (Wildman–Crippen LogP) is 3.62. The molecule has 1 aliphatic carbocycles. The molecule has 1 heterocycles. The predicted molar refractivity (Wildman–Crippen MR) is 64.9 cm³/mol. The number of thiophene rings is 1. The highest BCUT2D eigenvalue weighted by atomic mass is 32.1. The molecule has 0 saturated heterocycles. The summed E-state index contributed by atoms with van der Waals surface area (Å²) < 4.78 is 43.1. The van der Waals surface area contributed by atoms with Crippen LogP contribution in [0.3, 0.4) is 0 Å². The Bertz CT molecular complexity index is 544. The van der Waals surface area contributed by atoms with Gasteiger partial charge in [-0.15, -0.1) is 11.3 Å². The molecule has 1 aromatic rings. The van der Waals surface area contributed by atoms with Crippen molar-refractivity contribution in [2.75, 3.05) is 7.11 Å². The van der Waals surface area contributed by atoms with E-state index in [-0.39, 0.29) is 12.8 Å². The quantitative estimate of drug-likeness (QED) is 0.583. The summed E-state index contributed by atoms with van der Waals surface area (Å²) in [5, 5.41) is 0. The molecule has 1 aromatic heterocycles. The normalized spacial score (nSPS) is 17.1. The van der Waals surface area contributed by atoms with E-state index in [0.29, 0.717) is 16.2 Å². The van der Waals surface area contributed by atoms with Gasteiger partial charge in [0.1, 0.15) is 10.3 Å². The number of halogens is 3. The van der Waals surface area contributed by atoms with Crippen molar-refractivity contribution in [1.29, 1.82) is 0 Å². The molecule has 0 aliphatic heterocycles. The minimum atomic E-state index is -4.29. The topological polar surface area (TPSA) is 26.3 Å². The lowest BCUT2D eigenvalue weighted by Crippen LogP contribution is -2.42. The van der Waals surface area contributed by atoms with Gasteiger partial charge < -0.3 is 4.74 Å². The fourth-order valence-electron chi connectivity index (χ4n) is 1.81. The van der Waals surface area contributed by atoms with Gasteiger partial charge in [-0.2, -0.15) is 13.2 Å². The second kappa shape index (κ2) is 4.89. The summed E-state index contributed by atoms with van der Waals surface area (Å²) in [4.78, 5) is 12.0. The summed E-state index contributed by atoms with van der Waals surface area (Å²) >= 11 is 1.04. The number of hydrogen-bond acceptors (Lipinski definition) is 3. The van der Waals surface area contributed by atoms with Gasteiger partial charge in [-0.05, 0) is 31.4 Å². The molecule has 0 atom stereocenters. The van der Waals surface area contributed by atoms with Crippen molar-refractivity contribution in [2.24, 2.45) is 5.41 Å². The van der Waals surface area contributed by atoms with Gasteiger partial charge in [-0.25, -0.2) is 4.79 Å². The van der Waals surface area contributed by atoms with E-state index >= 15 is 0 Å². The third-order valence-electron chi connectivity index (χ3n) is 3.17. The van der Waals surface area contributed by atoms with E-state index in [1.807, 2.05) is 0 Å². The zero-order valence-electron chi connectivity index (χ0n) is 10.1. The van der Waals surface area contributed by atoms with Crippen molar-refractivity contribution in [3.8, 4) is 11.8 Å². The Morgan fingerprint density at radius 2 is 2.11 bits per heavy atom. The third kappa shape index (κ3) is 2.61. The zero-order chi connectivity index (χ0) is 14.1. The van der Waals surface area contributed by atoms with Crippen LogP contribution < -0.4 is 0 Å². The standard InChI is InChI=1S/C13H11F3O2S/c1-18-11(17)10-4-3-9(19-10)5-8-12(6-2-7-12)13(14,15)16/h3-4H,2,6-7H2,1H3. The van der Waals surface area contributed by atoms with E-state index in [9.17, 15) is 18.0 Å². The molecular weight excluding hydrogens is 277 g/mol. The first-order valence-electron chi connectivity index (χ1n) is 5.66. The SMILES string of the molecule is COC(=O)c1ccc(C#CC2(C(F)(F)F)CCC2)s1. The molecular formula is C13H11F3O2S. The van der Waals surface area contributed by atoms with Crippen LogP contribution >= 0.6 is 11.3 Å². The van der Waals surface area contributed by atoms with Gasteiger partial charge in [0, 0.05) is 0 Å². The average Bonchev–Trinajstić information content (AvgIpc) is 2.73. The van der Waals surface area contributed by atoms with Crippen molar-refractivity contribution in [3.63, 3.8) is 0 Å². The highest BCUT2D eigenvalue weighted by molar-refractivity contribution is 7.14. The number of esters is 1. The van der Waals surface area contributed by atoms with Gasteiger partial charge in [0.05, 0.1) is 12.0 Å². The summed E-state index contributed by atoms with van der Waals surface area (Å²) in [5.74, 6) is 4.37. The molecule has 0 radical (unpaired) electrons. The van der Waals surface area contributed by atoms with Crippen LogP contribution in [0.4, 0.5) is 13.2 Å². The molecule has 6 heteroatoms. The third-order valence-corrected chi connectivity index (χ3v) is 4.15. The molecule has 0 bridgehead atoms. The van der Waals surface area contributed by atoms with Crippen LogP contribution in [0.2, 0.25) is 0 Å². The van der Waals surface area contributed by atoms with Gasteiger partial charge in [-0.3, -0.25) is 0 Å². The number of hydrogen-bond donors (Lipinski definition) is 0. The number of ether oxygens (including phenoxy) is 1. The van der Waals surface area contributed by atoms with Crippen LogP contribution in [0, 0.1) is 17.3 Å². The zero-order valence-corrected chi connectivity index (χ0v) is 11.0. The minimum absolute atomic E-state index is 0.0543. The summed E-state index contributed by atoms with van der Waals surface area (Å²) in [6, 6.07) is 3.04. The van der Waals surface area contributed by atoms with Crippen LogP contribution in [0.25, 0.3) is 0 Å². The molecule has 0 N–H and O–H groups in total. The van der Waals surface area contributed by atoms with Crippen molar-refractivity contribution in [2.45, 2.75) is 25.4 Å². The largest absolute Gasteiger partial charge is 0.465 e. The summed E-state index contributed by atoms with van der Waals surface area (Å²) in [7, 11) is 1.25. The molecule has 19 heavy (non-hydrogen) atoms. The van der Waals surface area contributed by atoms with Gasteiger partial charge in [0.2, 0.25) is 0 Å². The average molecular weight is 288 g/mol. The van der Waals surface area contributed by atoms with Crippen molar-refractivity contribution < 1.29 is 22.7 Å². The van der Waals surface area contributed by atoms with Gasteiger partial charge in [-0.1, -0.05) is 11.8 Å². The number of carbonyl (C=O) groups excluding carboxylic acids is 1. The number of alkyl halides is 3. The maximum atomic E-state index is 12.9. The van der Waals surface area contributed by atoms with E-state index in [0.717, 1.165) is 11.3 Å². The van der Waals surface area contributed by atoms with Crippen LogP contribution in [0.5, 0.6) is 0 Å². The highest BCUT2D eigenvalue weighted by Crippen LogP contribution is 2.52. The number of carbonyl (C=O) groups is 1. The summed E-state index contributed by atoms with van der Waals surface area (Å²) in [5.41, 5.74) is -1.86. The molecule has 0 aromatic carbocycles. The molecule has 0 spiro atoms. The summed E-state index contributed by atoms with van der Waals surface area (Å²) in [6.45, 7) is 0. The van der Waals surface area contributed by atoms with Crippen LogP contribution in [-0.4, -0.2) is 19.3 Å². The molecule has 0 amide bonds. The minimum Gasteiger partial charge on any atom is -0.465 e. The van der Waals surface area contributed by atoms with E-state index in [1.165, 1.54) is 19.2 Å². The van der Waals surface area contributed by atoms with E-state index in [2.05, 4.69) is 16.6 Å². The summed E-state index contributed by atoms with van der Waals surface area (Å²) in [6.07, 6.45) is -3.63. The molecule has 1 fully saturated rings. The molecule has 2 nitrogen and oxygen atoms in total. The first kappa shape index (κ1) is 13.9. The number of rotatable bonds is 1. The Hall–Kier alpha value is -1.48. The Morgan fingerprint density at radius 1 is 1.42 bits per heavy atom. The van der Waals surface area contributed by atoms with Crippen LogP contribution in [-0.2, 0) is 4.74 Å². The maximum Gasteiger partial charge on any atom is 0.405 e. The monoisotopic (exact) mass is 288 g/mol. The fourth-order valence-corrected chi connectivity index (χ4v) is 2.58. The van der Waals surface area contributed by atoms with E-state index in [4.69, 9.17) is 0 Å². The second-order valence-electron chi connectivity index (χ2n) is 4.34. The Kier molecular flexibility index (Phi) is 3.59. The second-order valence-corrected chi connectivity index (χ2v) is 5.42. The fraction of sp³-hybridized carbons (Fsp3) is 0.462. The molecule has 0 unspecified atom stereocenters. The van der Waals surface area contributed by atoms with Gasteiger partial charge in [0.15, 0.2) is 0 Å². The molecule has 1 saturated carbocycles. The lowest BCUT2D eigenvalue weighted by atomic mass is 9.69. The first-order valence-corrected chi connectivity index (χ1v) is 6.48. The van der Waals surface area contributed by atoms with Crippen molar-refractivity contribution in [3.05, 3.63) is 21.9 Å². The lowest BCUT2D eigenvalue weighted by molar-refractivity contribution is -0.225. The Morgan fingerprint density at radius 3 is 2.58 bits per heavy atom. The van der Waals surface area contributed by atoms with Gasteiger partial charge in [0.25, 0.3) is 0 Å². The van der Waals surface area contributed by atoms with Crippen molar-refractivity contribution >= 4 is 17.3 Å². The molecule has 2 rings (SSSR count). The Labute approximate surface area is 112 Å². The smallest absolute Gasteiger partial charge is 0.405 e.